The number of carbonyl (C=O) groups is 2. The third-order valence-electron chi connectivity index (χ3n) is 6.90. The van der Waals surface area contributed by atoms with Crippen molar-refractivity contribution in [2.24, 2.45) is 0 Å². The van der Waals surface area contributed by atoms with Crippen LogP contribution in [0, 0.1) is 18.2 Å². The number of fused-ring (bicyclic) bond motifs is 2. The lowest BCUT2D eigenvalue weighted by molar-refractivity contribution is -0.139. The van der Waals surface area contributed by atoms with Gasteiger partial charge in [0.2, 0.25) is 11.8 Å². The number of aryl methyl sites for hydroxylation is 1. The van der Waals surface area contributed by atoms with Crippen LogP contribution in [-0.4, -0.2) is 65.2 Å². The Kier molecular flexibility index (Phi) is 11.7. The van der Waals surface area contributed by atoms with Crippen molar-refractivity contribution in [3.05, 3.63) is 59.2 Å². The molecular formula is C30H39FN4O4. The third-order valence-corrected chi connectivity index (χ3v) is 6.90. The van der Waals surface area contributed by atoms with Crippen LogP contribution in [0.3, 0.4) is 0 Å². The molecule has 1 aliphatic heterocycles. The van der Waals surface area contributed by atoms with Gasteiger partial charge in [0, 0.05) is 51.4 Å². The fourth-order valence-electron chi connectivity index (χ4n) is 4.59. The van der Waals surface area contributed by atoms with Crippen LogP contribution in [0.25, 0.3) is 0 Å². The van der Waals surface area contributed by atoms with Crippen molar-refractivity contribution < 1.29 is 23.8 Å². The summed E-state index contributed by atoms with van der Waals surface area (Å²) in [6.45, 7) is 3.09. The van der Waals surface area contributed by atoms with Crippen LogP contribution in [-0.2, 0) is 29.0 Å². The molecule has 3 rings (SSSR count). The number of amides is 2. The number of ether oxygens (including phenoxy) is 1. The maximum atomic E-state index is 14.4. The molecule has 8 nitrogen and oxygen atoms in total. The predicted molar refractivity (Wildman–Crippen MR) is 147 cm³/mol. The van der Waals surface area contributed by atoms with Gasteiger partial charge >= 0.3 is 0 Å². The second kappa shape index (κ2) is 15.2. The number of nitrogens with zero attached hydrogens (tertiary/aromatic N) is 2. The second-order valence-electron chi connectivity index (χ2n) is 9.96. The SMILES string of the molecule is C#CCC1C(=O)NC([C@H](O)CNCc2cncc(CC)c2)Cc2cc(F)cc(c2)OCCCCCC(=O)N1C. The molecule has 0 fully saturated rings. The molecule has 2 amide bonds. The Morgan fingerprint density at radius 1 is 1.23 bits per heavy atom. The zero-order chi connectivity index (χ0) is 28.2. The van der Waals surface area contributed by atoms with Crippen molar-refractivity contribution in [1.29, 1.82) is 0 Å². The Morgan fingerprint density at radius 2 is 2.03 bits per heavy atom. The van der Waals surface area contributed by atoms with Gasteiger partial charge in [-0.3, -0.25) is 14.6 Å². The van der Waals surface area contributed by atoms with E-state index < -0.39 is 29.9 Å². The van der Waals surface area contributed by atoms with E-state index in [4.69, 9.17) is 11.2 Å². The van der Waals surface area contributed by atoms with Gasteiger partial charge in [-0.15, -0.1) is 12.3 Å². The fourth-order valence-corrected chi connectivity index (χ4v) is 4.59. The first kappa shape index (κ1) is 30.1. The number of aromatic nitrogens is 1. The van der Waals surface area contributed by atoms with E-state index in [9.17, 15) is 19.1 Å². The number of benzene rings is 1. The largest absolute Gasteiger partial charge is 0.493 e. The van der Waals surface area contributed by atoms with E-state index >= 15 is 0 Å². The second-order valence-corrected chi connectivity index (χ2v) is 9.96. The number of rotatable bonds is 7. The maximum Gasteiger partial charge on any atom is 0.244 e. The molecule has 2 heterocycles. The van der Waals surface area contributed by atoms with Crippen LogP contribution in [0.15, 0.2) is 36.7 Å². The highest BCUT2D eigenvalue weighted by atomic mass is 19.1. The molecule has 0 radical (unpaired) electrons. The molecule has 3 atom stereocenters. The van der Waals surface area contributed by atoms with Gasteiger partial charge in [-0.25, -0.2) is 4.39 Å². The van der Waals surface area contributed by atoms with Crippen LogP contribution in [0.1, 0.15) is 55.7 Å². The van der Waals surface area contributed by atoms with Gasteiger partial charge in [0.15, 0.2) is 0 Å². The van der Waals surface area contributed by atoms with Crippen molar-refractivity contribution in [3.63, 3.8) is 0 Å². The summed E-state index contributed by atoms with van der Waals surface area (Å²) in [5, 5.41) is 17.3. The summed E-state index contributed by atoms with van der Waals surface area (Å²) < 4.78 is 20.2. The summed E-state index contributed by atoms with van der Waals surface area (Å²) in [7, 11) is 1.57. The number of carbonyl (C=O) groups excluding carboxylic acids is 2. The molecule has 2 unspecified atom stereocenters. The van der Waals surface area contributed by atoms with Crippen molar-refractivity contribution >= 4 is 11.8 Å². The Bertz CT molecular complexity index is 1150. The average Bonchev–Trinajstić information content (AvgIpc) is 2.92. The smallest absolute Gasteiger partial charge is 0.244 e. The van der Waals surface area contributed by atoms with Gasteiger partial charge in [0.1, 0.15) is 17.6 Å². The minimum atomic E-state index is -1.02. The summed E-state index contributed by atoms with van der Waals surface area (Å²) in [6, 6.07) is 4.80. The summed E-state index contributed by atoms with van der Waals surface area (Å²) in [5.41, 5.74) is 2.66. The van der Waals surface area contributed by atoms with Crippen LogP contribution in [0.5, 0.6) is 5.75 Å². The first-order valence-electron chi connectivity index (χ1n) is 13.5. The average molecular weight is 539 g/mol. The molecule has 1 aromatic carbocycles. The topological polar surface area (TPSA) is 104 Å². The molecular weight excluding hydrogens is 499 g/mol. The molecule has 210 valence electrons. The van der Waals surface area contributed by atoms with E-state index in [0.29, 0.717) is 37.3 Å². The van der Waals surface area contributed by atoms with Crippen molar-refractivity contribution in [2.45, 2.75) is 76.6 Å². The van der Waals surface area contributed by atoms with Gasteiger partial charge in [-0.2, -0.15) is 0 Å². The summed E-state index contributed by atoms with van der Waals surface area (Å²) in [5.74, 6) is 1.78. The monoisotopic (exact) mass is 538 g/mol. The Hall–Kier alpha value is -3.48. The number of hydrogen-bond acceptors (Lipinski definition) is 6. The molecule has 0 saturated heterocycles. The first-order valence-corrected chi connectivity index (χ1v) is 13.5. The van der Waals surface area contributed by atoms with Gasteiger partial charge in [0.25, 0.3) is 0 Å². The lowest BCUT2D eigenvalue weighted by Crippen LogP contribution is -2.55. The molecule has 2 aromatic rings. The minimum Gasteiger partial charge on any atom is -0.493 e. The van der Waals surface area contributed by atoms with E-state index in [-0.39, 0.29) is 31.7 Å². The van der Waals surface area contributed by atoms with E-state index in [2.05, 4.69) is 28.5 Å². The summed E-state index contributed by atoms with van der Waals surface area (Å²) in [6.07, 6.45) is 11.5. The Labute approximate surface area is 230 Å². The van der Waals surface area contributed by atoms with E-state index in [1.54, 1.807) is 19.3 Å². The molecule has 2 bridgehead atoms. The molecule has 3 N–H and O–H groups in total. The molecule has 0 spiro atoms. The molecule has 1 aromatic heterocycles. The molecule has 9 heteroatoms. The molecule has 39 heavy (non-hydrogen) atoms. The number of terminal acetylenes is 1. The van der Waals surface area contributed by atoms with Gasteiger partial charge in [-0.1, -0.05) is 13.0 Å². The minimum absolute atomic E-state index is 0.0356. The number of nitrogens with one attached hydrogen (secondary N) is 2. The normalized spacial score (nSPS) is 20.0. The fraction of sp³-hybridized carbons (Fsp3) is 0.500. The first-order chi connectivity index (χ1) is 18.8. The predicted octanol–water partition coefficient (Wildman–Crippen LogP) is 2.76. The number of aliphatic hydroxyl groups is 1. The van der Waals surface area contributed by atoms with Crippen molar-refractivity contribution in [2.75, 3.05) is 20.2 Å². The zero-order valence-corrected chi connectivity index (χ0v) is 22.8. The summed E-state index contributed by atoms with van der Waals surface area (Å²) >= 11 is 0. The van der Waals surface area contributed by atoms with E-state index in [0.717, 1.165) is 24.0 Å². The number of hydrogen-bond donors (Lipinski definition) is 3. The number of halogens is 1. The highest BCUT2D eigenvalue weighted by Gasteiger charge is 2.30. The van der Waals surface area contributed by atoms with Crippen LogP contribution in [0.4, 0.5) is 4.39 Å². The van der Waals surface area contributed by atoms with Gasteiger partial charge in [0.05, 0.1) is 18.8 Å². The third kappa shape index (κ3) is 9.34. The highest BCUT2D eigenvalue weighted by Crippen LogP contribution is 2.20. The highest BCUT2D eigenvalue weighted by molar-refractivity contribution is 5.88. The van der Waals surface area contributed by atoms with E-state index in [1.807, 2.05) is 12.3 Å². The van der Waals surface area contributed by atoms with Crippen molar-refractivity contribution in [3.8, 4) is 18.1 Å². The van der Waals surface area contributed by atoms with Crippen LogP contribution < -0.4 is 15.4 Å². The lowest BCUT2D eigenvalue weighted by Gasteiger charge is -2.30. The number of aliphatic hydroxyl groups excluding tert-OH is 1. The zero-order valence-electron chi connectivity index (χ0n) is 22.8. The Balaban J connectivity index is 1.82. The van der Waals surface area contributed by atoms with Crippen LogP contribution >= 0.6 is 0 Å². The molecule has 0 aliphatic carbocycles. The van der Waals surface area contributed by atoms with Crippen LogP contribution in [0.2, 0.25) is 0 Å². The quantitative estimate of drug-likeness (QED) is 0.469. The Morgan fingerprint density at radius 3 is 2.79 bits per heavy atom. The van der Waals surface area contributed by atoms with Gasteiger partial charge < -0.3 is 25.4 Å². The maximum absolute atomic E-state index is 14.4. The standard InChI is InChI=1S/C30H39FN4O4/c1-4-9-27-30(38)34-26(28(36)20-33-19-23-12-21(5-2)17-32-18-23)15-22-13-24(31)16-25(14-22)39-11-8-6-7-10-29(37)35(27)3/h1,12-14,16-18,26-28,33,36H,5-11,15,19-20H2,2-3H3,(H,34,38)/t26?,27?,28-/m1/s1. The number of likely N-dealkylation sites (N-methyl/N-ethyl adjacent to an activating group) is 1. The van der Waals surface area contributed by atoms with Crippen molar-refractivity contribution in [1.82, 2.24) is 20.5 Å². The molecule has 1 aliphatic rings. The lowest BCUT2D eigenvalue weighted by atomic mass is 9.99. The number of pyridine rings is 1. The van der Waals surface area contributed by atoms with E-state index in [1.165, 1.54) is 17.0 Å². The molecule has 0 saturated carbocycles. The van der Waals surface area contributed by atoms with Gasteiger partial charge in [-0.05, 0) is 60.9 Å². The summed E-state index contributed by atoms with van der Waals surface area (Å²) in [4.78, 5) is 31.8.